The second kappa shape index (κ2) is 11.0. The topological polar surface area (TPSA) is 49.4 Å². The van der Waals surface area contributed by atoms with Crippen molar-refractivity contribution in [3.8, 4) is 0 Å². The summed E-state index contributed by atoms with van der Waals surface area (Å²) in [5.74, 6) is 0.174. The third-order valence-corrected chi connectivity index (χ3v) is 5.22. The first kappa shape index (κ1) is 20.5. The van der Waals surface area contributed by atoms with E-state index in [0.717, 1.165) is 31.4 Å². The molecule has 2 unspecified atom stereocenters. The van der Waals surface area contributed by atoms with Crippen molar-refractivity contribution in [3.05, 3.63) is 35.9 Å². The van der Waals surface area contributed by atoms with Crippen LogP contribution >= 0.6 is 0 Å². The molecule has 2 atom stereocenters. The summed E-state index contributed by atoms with van der Waals surface area (Å²) in [6.45, 7) is 5.62. The molecule has 0 spiro atoms. The largest absolute Gasteiger partial charge is 0.353 e. The highest BCUT2D eigenvalue weighted by molar-refractivity contribution is 5.82. The fraction of sp³-hybridized carbons (Fsp3) is 0.636. The number of rotatable bonds is 9. The van der Waals surface area contributed by atoms with E-state index < -0.39 is 0 Å². The number of carbonyl (C=O) groups excluding carboxylic acids is 2. The molecule has 1 aromatic rings. The minimum atomic E-state index is -0.0680. The lowest BCUT2D eigenvalue weighted by atomic mass is 9.96. The summed E-state index contributed by atoms with van der Waals surface area (Å²) in [6.07, 6.45) is 8.14. The molecule has 26 heavy (non-hydrogen) atoms. The zero-order chi connectivity index (χ0) is 18.8. The van der Waals surface area contributed by atoms with Gasteiger partial charge in [-0.1, -0.05) is 62.9 Å². The minimum Gasteiger partial charge on any atom is -0.353 e. The SMILES string of the molecule is CCCCCCC(C)NC(=O)C1CCCN(C(=O)Cc2ccccc2)C1. The Morgan fingerprint density at radius 1 is 1.19 bits per heavy atom. The highest BCUT2D eigenvalue weighted by Gasteiger charge is 2.28. The molecule has 2 amide bonds. The number of unbranched alkanes of at least 4 members (excludes halogenated alkanes) is 3. The molecule has 1 N–H and O–H groups in total. The van der Waals surface area contributed by atoms with E-state index in [1.165, 1.54) is 25.7 Å². The molecular weight excluding hydrogens is 324 g/mol. The molecule has 2 rings (SSSR count). The van der Waals surface area contributed by atoms with Gasteiger partial charge in [-0.2, -0.15) is 0 Å². The fourth-order valence-corrected chi connectivity index (χ4v) is 3.61. The third-order valence-electron chi connectivity index (χ3n) is 5.22. The van der Waals surface area contributed by atoms with Crippen molar-refractivity contribution >= 4 is 11.8 Å². The van der Waals surface area contributed by atoms with Crippen molar-refractivity contribution in [2.75, 3.05) is 13.1 Å². The van der Waals surface area contributed by atoms with E-state index in [2.05, 4.69) is 19.2 Å². The quantitative estimate of drug-likeness (QED) is 0.680. The van der Waals surface area contributed by atoms with Crippen molar-refractivity contribution in [3.63, 3.8) is 0 Å². The lowest BCUT2D eigenvalue weighted by Crippen LogP contribution is -2.47. The first-order chi connectivity index (χ1) is 12.6. The summed E-state index contributed by atoms with van der Waals surface area (Å²) in [5, 5.41) is 3.16. The average Bonchev–Trinajstić information content (AvgIpc) is 2.66. The van der Waals surface area contributed by atoms with Crippen molar-refractivity contribution < 1.29 is 9.59 Å². The van der Waals surface area contributed by atoms with E-state index in [1.54, 1.807) is 0 Å². The van der Waals surface area contributed by atoms with E-state index in [0.29, 0.717) is 13.0 Å². The molecule has 1 saturated heterocycles. The molecule has 1 heterocycles. The van der Waals surface area contributed by atoms with E-state index in [1.807, 2.05) is 35.2 Å². The van der Waals surface area contributed by atoms with Gasteiger partial charge in [-0.15, -0.1) is 0 Å². The Hall–Kier alpha value is -1.84. The molecule has 4 heteroatoms. The van der Waals surface area contributed by atoms with E-state index in [9.17, 15) is 9.59 Å². The van der Waals surface area contributed by atoms with Gasteiger partial charge in [0.25, 0.3) is 0 Å². The number of nitrogens with one attached hydrogen (secondary N) is 1. The van der Waals surface area contributed by atoms with Gasteiger partial charge >= 0.3 is 0 Å². The fourth-order valence-electron chi connectivity index (χ4n) is 3.61. The minimum absolute atomic E-state index is 0.0680. The maximum atomic E-state index is 12.6. The summed E-state index contributed by atoms with van der Waals surface area (Å²) in [6, 6.07) is 10.0. The van der Waals surface area contributed by atoms with Crippen LogP contribution in [0.1, 0.15) is 64.4 Å². The van der Waals surface area contributed by atoms with Crippen LogP contribution in [0.3, 0.4) is 0 Å². The molecule has 1 aliphatic heterocycles. The van der Waals surface area contributed by atoms with Crippen molar-refractivity contribution in [1.82, 2.24) is 10.2 Å². The van der Waals surface area contributed by atoms with Crippen molar-refractivity contribution in [2.45, 2.75) is 71.3 Å². The highest BCUT2D eigenvalue weighted by Crippen LogP contribution is 2.18. The first-order valence-corrected chi connectivity index (χ1v) is 10.2. The molecule has 1 fully saturated rings. The average molecular weight is 359 g/mol. The number of carbonyl (C=O) groups is 2. The smallest absolute Gasteiger partial charge is 0.227 e. The molecule has 4 nitrogen and oxygen atoms in total. The highest BCUT2D eigenvalue weighted by atomic mass is 16.2. The zero-order valence-electron chi connectivity index (χ0n) is 16.4. The number of amides is 2. The summed E-state index contributed by atoms with van der Waals surface area (Å²) in [7, 11) is 0. The molecule has 0 aliphatic carbocycles. The summed E-state index contributed by atoms with van der Waals surface area (Å²) in [5.41, 5.74) is 1.03. The molecular formula is C22H34N2O2. The Balaban J connectivity index is 1.77. The predicted octanol–water partition coefficient (Wildman–Crippen LogP) is 3.94. The number of piperidine rings is 1. The van der Waals surface area contributed by atoms with Crippen LogP contribution in [0.15, 0.2) is 30.3 Å². The van der Waals surface area contributed by atoms with Crippen LogP contribution in [-0.4, -0.2) is 35.8 Å². The molecule has 0 aromatic heterocycles. The lowest BCUT2D eigenvalue weighted by molar-refractivity contribution is -0.135. The zero-order valence-corrected chi connectivity index (χ0v) is 16.4. The summed E-state index contributed by atoms with van der Waals surface area (Å²) >= 11 is 0. The second-order valence-electron chi connectivity index (χ2n) is 7.60. The van der Waals surface area contributed by atoms with Gasteiger partial charge in [-0.05, 0) is 31.7 Å². The Morgan fingerprint density at radius 3 is 2.69 bits per heavy atom. The first-order valence-electron chi connectivity index (χ1n) is 10.2. The van der Waals surface area contributed by atoms with Gasteiger partial charge < -0.3 is 10.2 Å². The Morgan fingerprint density at radius 2 is 1.96 bits per heavy atom. The van der Waals surface area contributed by atoms with Gasteiger partial charge in [0.2, 0.25) is 11.8 Å². The van der Waals surface area contributed by atoms with Crippen LogP contribution in [0.5, 0.6) is 0 Å². The van der Waals surface area contributed by atoms with Crippen LogP contribution < -0.4 is 5.32 Å². The second-order valence-corrected chi connectivity index (χ2v) is 7.60. The van der Waals surface area contributed by atoms with Gasteiger partial charge in [0.15, 0.2) is 0 Å². The van der Waals surface area contributed by atoms with E-state index in [4.69, 9.17) is 0 Å². The molecule has 144 valence electrons. The lowest BCUT2D eigenvalue weighted by Gasteiger charge is -2.32. The van der Waals surface area contributed by atoms with Crippen LogP contribution in [0.4, 0.5) is 0 Å². The normalized spacial score (nSPS) is 18.4. The monoisotopic (exact) mass is 358 g/mol. The van der Waals surface area contributed by atoms with Gasteiger partial charge in [0.05, 0.1) is 12.3 Å². The van der Waals surface area contributed by atoms with E-state index >= 15 is 0 Å². The number of nitrogens with zero attached hydrogens (tertiary/aromatic N) is 1. The predicted molar refractivity (Wildman–Crippen MR) is 106 cm³/mol. The van der Waals surface area contributed by atoms with Crippen molar-refractivity contribution in [1.29, 1.82) is 0 Å². The Kier molecular flexibility index (Phi) is 8.66. The Bertz CT molecular complexity index is 559. The van der Waals surface area contributed by atoms with Crippen LogP contribution in [0, 0.1) is 5.92 Å². The molecule has 0 bridgehead atoms. The Labute approximate surface area is 158 Å². The summed E-state index contributed by atoms with van der Waals surface area (Å²) in [4.78, 5) is 27.0. The van der Waals surface area contributed by atoms with Gasteiger partial charge in [0.1, 0.15) is 0 Å². The number of benzene rings is 1. The van der Waals surface area contributed by atoms with Crippen LogP contribution in [0.25, 0.3) is 0 Å². The van der Waals surface area contributed by atoms with Gasteiger partial charge in [0, 0.05) is 19.1 Å². The molecule has 1 aliphatic rings. The van der Waals surface area contributed by atoms with E-state index in [-0.39, 0.29) is 23.8 Å². The number of hydrogen-bond donors (Lipinski definition) is 1. The molecule has 0 radical (unpaired) electrons. The van der Waals surface area contributed by atoms with Crippen LogP contribution in [0.2, 0.25) is 0 Å². The van der Waals surface area contributed by atoms with Crippen molar-refractivity contribution in [2.24, 2.45) is 5.92 Å². The molecule has 0 saturated carbocycles. The standard InChI is InChI=1S/C22H34N2O2/c1-3-4-5-7-11-18(2)23-22(26)20-14-10-15-24(17-20)21(25)16-19-12-8-6-9-13-19/h6,8-9,12-13,18,20H,3-5,7,10-11,14-17H2,1-2H3,(H,23,26). The summed E-state index contributed by atoms with van der Waals surface area (Å²) < 4.78 is 0. The maximum absolute atomic E-state index is 12.6. The van der Waals surface area contributed by atoms with Gasteiger partial charge in [-0.25, -0.2) is 0 Å². The number of hydrogen-bond acceptors (Lipinski definition) is 2. The van der Waals surface area contributed by atoms with Gasteiger partial charge in [-0.3, -0.25) is 9.59 Å². The molecule has 1 aromatic carbocycles. The number of likely N-dealkylation sites (tertiary alicyclic amines) is 1. The third kappa shape index (κ3) is 6.81. The van der Waals surface area contributed by atoms with Crippen LogP contribution in [-0.2, 0) is 16.0 Å². The maximum Gasteiger partial charge on any atom is 0.227 e.